The second kappa shape index (κ2) is 7.56. The Kier molecular flexibility index (Phi) is 5.48. The summed E-state index contributed by atoms with van der Waals surface area (Å²) >= 11 is 0. The number of carbonyl (C=O) groups is 1. The average molecular weight is 304 g/mol. The van der Waals surface area contributed by atoms with Crippen LogP contribution in [-0.2, 0) is 17.5 Å². The molecule has 21 heavy (non-hydrogen) atoms. The van der Waals surface area contributed by atoms with Gasteiger partial charge >= 0.3 is 6.09 Å². The molecule has 2 aromatic rings. The molecule has 0 aromatic heterocycles. The first kappa shape index (κ1) is 15.2. The summed E-state index contributed by atoms with van der Waals surface area (Å²) in [6.07, 6.45) is -0.510. The molecule has 1 unspecified atom stereocenters. The molecular formula is C15H16N2O3S. The maximum Gasteiger partial charge on any atom is 0.412 e. The molecule has 0 spiro atoms. The van der Waals surface area contributed by atoms with Crippen LogP contribution in [0, 0.1) is 0 Å². The fourth-order valence-corrected chi connectivity index (χ4v) is 2.27. The van der Waals surface area contributed by atoms with Crippen LogP contribution < -0.4 is 14.8 Å². The summed E-state index contributed by atoms with van der Waals surface area (Å²) < 4.78 is 19.3. The lowest BCUT2D eigenvalue weighted by Crippen LogP contribution is -2.26. The molecule has 2 N–H and O–H groups in total. The Hall–Kier alpha value is -2.18. The van der Waals surface area contributed by atoms with E-state index in [0.717, 1.165) is 5.56 Å². The van der Waals surface area contributed by atoms with E-state index in [4.69, 9.17) is 4.74 Å². The van der Waals surface area contributed by atoms with E-state index in [0.29, 0.717) is 17.2 Å². The lowest BCUT2D eigenvalue weighted by atomic mass is 10.2. The molecule has 0 radical (unpaired) electrons. The second-order valence-corrected chi connectivity index (χ2v) is 5.59. The predicted molar refractivity (Wildman–Crippen MR) is 81.2 cm³/mol. The summed E-state index contributed by atoms with van der Waals surface area (Å²) in [5.41, 5.74) is 0.900. The first-order valence-electron chi connectivity index (χ1n) is 6.38. The summed E-state index contributed by atoms with van der Waals surface area (Å²) in [6.45, 7) is 0.345. The van der Waals surface area contributed by atoms with Gasteiger partial charge in [-0.2, -0.15) is 0 Å². The van der Waals surface area contributed by atoms with Gasteiger partial charge in [0.2, 0.25) is 0 Å². The van der Waals surface area contributed by atoms with Crippen molar-refractivity contribution in [3.05, 3.63) is 60.2 Å². The van der Waals surface area contributed by atoms with Gasteiger partial charge < -0.3 is 10.1 Å². The van der Waals surface area contributed by atoms with E-state index in [2.05, 4.69) is 10.0 Å². The number of nitrogens with one attached hydrogen (secondary N) is 2. The number of carbonyl (C=O) groups excluding carboxylic acids is 1. The Balaban J connectivity index is 1.85. The largest absolute Gasteiger partial charge is 0.412 e. The van der Waals surface area contributed by atoms with Crippen molar-refractivity contribution in [1.29, 1.82) is 0 Å². The van der Waals surface area contributed by atoms with E-state index in [1.165, 1.54) is 0 Å². The predicted octanol–water partition coefficient (Wildman–Crippen LogP) is 2.22. The third-order valence-corrected chi connectivity index (χ3v) is 3.78. The van der Waals surface area contributed by atoms with Crippen LogP contribution >= 0.6 is 0 Å². The van der Waals surface area contributed by atoms with Crippen molar-refractivity contribution in [2.75, 3.05) is 7.05 Å². The minimum absolute atomic E-state index is 0.345. The zero-order valence-electron chi connectivity index (χ0n) is 11.5. The molecule has 1 atom stereocenters. The molecule has 0 fully saturated rings. The number of amides is 1. The molecule has 1 amide bonds. The number of benzene rings is 2. The summed E-state index contributed by atoms with van der Waals surface area (Å²) in [6, 6.07) is 16.0. The third-order valence-electron chi connectivity index (χ3n) is 2.71. The molecule has 2 aromatic carbocycles. The smallest absolute Gasteiger partial charge is 0.410 e. The van der Waals surface area contributed by atoms with E-state index < -0.39 is 17.1 Å². The quantitative estimate of drug-likeness (QED) is 0.890. The summed E-state index contributed by atoms with van der Waals surface area (Å²) in [4.78, 5) is 12.3. The zero-order chi connectivity index (χ0) is 15.1. The Labute approximate surface area is 125 Å². The van der Waals surface area contributed by atoms with E-state index in [1.54, 1.807) is 43.4 Å². The van der Waals surface area contributed by atoms with Gasteiger partial charge in [0.1, 0.15) is 16.7 Å². The van der Waals surface area contributed by atoms with Crippen LogP contribution in [0.3, 0.4) is 0 Å². The highest BCUT2D eigenvalue weighted by Gasteiger charge is 2.04. The summed E-state index contributed by atoms with van der Waals surface area (Å²) in [5, 5.41) is 2.66. The van der Waals surface area contributed by atoms with Gasteiger partial charge in [0.05, 0.1) is 4.90 Å². The standard InChI is InChI=1S/C15H16N2O3S/c1-16-21(19)14-9-7-12(8-10-14)11-17-15(18)20-13-5-3-2-4-6-13/h2-10,16H,11H2,1H3,(H,17,18). The van der Waals surface area contributed by atoms with Gasteiger partial charge in [0.25, 0.3) is 0 Å². The van der Waals surface area contributed by atoms with Crippen molar-refractivity contribution >= 4 is 17.1 Å². The molecule has 110 valence electrons. The van der Waals surface area contributed by atoms with Crippen molar-refractivity contribution in [2.45, 2.75) is 11.4 Å². The van der Waals surface area contributed by atoms with Crippen LogP contribution in [0.15, 0.2) is 59.5 Å². The maximum absolute atomic E-state index is 11.6. The van der Waals surface area contributed by atoms with Gasteiger partial charge in [-0.3, -0.25) is 0 Å². The number of ether oxygens (including phenoxy) is 1. The van der Waals surface area contributed by atoms with Crippen molar-refractivity contribution in [1.82, 2.24) is 10.0 Å². The minimum Gasteiger partial charge on any atom is -0.410 e. The number of para-hydroxylation sites is 1. The van der Waals surface area contributed by atoms with Crippen LogP contribution in [0.4, 0.5) is 4.79 Å². The van der Waals surface area contributed by atoms with Crippen LogP contribution in [0.25, 0.3) is 0 Å². The molecule has 0 saturated carbocycles. The van der Waals surface area contributed by atoms with E-state index in [-0.39, 0.29) is 0 Å². The van der Waals surface area contributed by atoms with Crippen LogP contribution in [0.2, 0.25) is 0 Å². The average Bonchev–Trinajstić information content (AvgIpc) is 2.53. The van der Waals surface area contributed by atoms with Crippen LogP contribution in [0.5, 0.6) is 5.75 Å². The lowest BCUT2D eigenvalue weighted by Gasteiger charge is -2.07. The highest BCUT2D eigenvalue weighted by atomic mass is 32.2. The maximum atomic E-state index is 11.6. The molecule has 0 aliphatic carbocycles. The van der Waals surface area contributed by atoms with Crippen molar-refractivity contribution in [3.8, 4) is 5.75 Å². The van der Waals surface area contributed by atoms with Gasteiger partial charge in [0, 0.05) is 6.54 Å². The van der Waals surface area contributed by atoms with Crippen LogP contribution in [-0.4, -0.2) is 17.3 Å². The minimum atomic E-state index is -1.20. The van der Waals surface area contributed by atoms with Crippen LogP contribution in [0.1, 0.15) is 5.56 Å². The monoisotopic (exact) mass is 304 g/mol. The molecular weight excluding hydrogens is 288 g/mol. The molecule has 0 saturated heterocycles. The fraction of sp³-hybridized carbons (Fsp3) is 0.133. The van der Waals surface area contributed by atoms with Gasteiger partial charge in [-0.15, -0.1) is 0 Å². The van der Waals surface area contributed by atoms with Gasteiger partial charge in [-0.1, -0.05) is 30.3 Å². The first-order valence-corrected chi connectivity index (χ1v) is 7.53. The molecule has 0 aliphatic rings. The molecule has 6 heteroatoms. The first-order chi connectivity index (χ1) is 10.2. The Morgan fingerprint density at radius 1 is 1.10 bits per heavy atom. The highest BCUT2D eigenvalue weighted by molar-refractivity contribution is 7.83. The molecule has 0 aliphatic heterocycles. The topological polar surface area (TPSA) is 67.4 Å². The normalized spacial score (nSPS) is 11.7. The van der Waals surface area contributed by atoms with E-state index in [9.17, 15) is 9.00 Å². The zero-order valence-corrected chi connectivity index (χ0v) is 12.4. The van der Waals surface area contributed by atoms with Crippen molar-refractivity contribution in [2.24, 2.45) is 0 Å². The van der Waals surface area contributed by atoms with Gasteiger partial charge in [-0.05, 0) is 36.9 Å². The Morgan fingerprint density at radius 3 is 2.38 bits per heavy atom. The van der Waals surface area contributed by atoms with E-state index in [1.807, 2.05) is 18.2 Å². The van der Waals surface area contributed by atoms with Crippen molar-refractivity contribution < 1.29 is 13.7 Å². The second-order valence-electron chi connectivity index (χ2n) is 4.17. The molecule has 5 nitrogen and oxygen atoms in total. The van der Waals surface area contributed by atoms with Crippen molar-refractivity contribution in [3.63, 3.8) is 0 Å². The molecule has 0 heterocycles. The SMILES string of the molecule is CNS(=O)c1ccc(CNC(=O)Oc2ccccc2)cc1. The Morgan fingerprint density at radius 2 is 1.76 bits per heavy atom. The summed E-state index contributed by atoms with van der Waals surface area (Å²) in [5.74, 6) is 0.495. The van der Waals surface area contributed by atoms with Gasteiger partial charge in [-0.25, -0.2) is 13.7 Å². The summed E-state index contributed by atoms with van der Waals surface area (Å²) in [7, 11) is 0.430. The molecule has 2 rings (SSSR count). The number of hydrogen-bond donors (Lipinski definition) is 2. The lowest BCUT2D eigenvalue weighted by molar-refractivity contribution is 0.200. The molecule has 0 bridgehead atoms. The fourth-order valence-electron chi connectivity index (χ4n) is 1.65. The Bertz CT molecular complexity index is 615. The van der Waals surface area contributed by atoms with Gasteiger partial charge in [0.15, 0.2) is 0 Å². The highest BCUT2D eigenvalue weighted by Crippen LogP contribution is 2.09. The van der Waals surface area contributed by atoms with E-state index >= 15 is 0 Å². The third kappa shape index (κ3) is 4.70. The number of hydrogen-bond acceptors (Lipinski definition) is 3. The number of rotatable bonds is 5.